The van der Waals surface area contributed by atoms with Crippen molar-refractivity contribution in [2.45, 2.75) is 29.8 Å². The highest BCUT2D eigenvalue weighted by Crippen LogP contribution is 2.39. The van der Waals surface area contributed by atoms with Crippen LogP contribution in [0.5, 0.6) is 5.75 Å². The fourth-order valence-corrected chi connectivity index (χ4v) is 4.63. The normalized spacial score (nSPS) is 16.5. The van der Waals surface area contributed by atoms with Crippen LogP contribution in [0.4, 0.5) is 13.2 Å². The van der Waals surface area contributed by atoms with Gasteiger partial charge in [-0.1, -0.05) is 30.3 Å². The van der Waals surface area contributed by atoms with Crippen molar-refractivity contribution in [1.82, 2.24) is 10.6 Å². The molecule has 1 unspecified atom stereocenters. The molecule has 0 aromatic heterocycles. The van der Waals surface area contributed by atoms with E-state index < -0.39 is 11.7 Å². The van der Waals surface area contributed by atoms with Crippen molar-refractivity contribution >= 4 is 23.4 Å². The molecule has 0 aliphatic carbocycles. The molecule has 3 rings (SSSR count). The van der Waals surface area contributed by atoms with Gasteiger partial charge in [-0.15, -0.1) is 11.8 Å². The quantitative estimate of drug-likeness (QED) is 0.334. The fraction of sp³-hybridized carbons (Fsp3) is 0.391. The second kappa shape index (κ2) is 11.3. The predicted molar refractivity (Wildman–Crippen MR) is 121 cm³/mol. The van der Waals surface area contributed by atoms with Crippen LogP contribution in [0, 0.1) is 5.92 Å². The third kappa shape index (κ3) is 7.45. The number of halogens is 4. The molecule has 2 aromatic carbocycles. The molecule has 1 saturated heterocycles. The second-order valence-electron chi connectivity index (χ2n) is 7.50. The molecule has 2 aromatic rings. The first kappa shape index (κ1) is 24.0. The van der Waals surface area contributed by atoms with E-state index in [1.54, 1.807) is 6.08 Å². The number of rotatable bonds is 10. The molecular weight excluding hydrogens is 445 g/mol. The lowest BCUT2D eigenvalue weighted by molar-refractivity contribution is -0.139. The van der Waals surface area contributed by atoms with Gasteiger partial charge >= 0.3 is 6.18 Å². The van der Waals surface area contributed by atoms with Crippen molar-refractivity contribution in [3.05, 3.63) is 70.8 Å². The molecule has 2 N–H and O–H groups in total. The molecule has 0 radical (unpaired) electrons. The van der Waals surface area contributed by atoms with Gasteiger partial charge in [-0.25, -0.2) is 0 Å². The molecule has 8 heteroatoms. The fourth-order valence-electron chi connectivity index (χ4n) is 3.47. The SMILES string of the molecule is C=CCOc1cc(CNCC2CCNC2)cc(CSc2ccc(Cl)cc2C(F)(F)F)c1. The predicted octanol–water partition coefficient (Wildman–Crippen LogP) is 5.92. The van der Waals surface area contributed by atoms with Crippen LogP contribution in [-0.4, -0.2) is 26.2 Å². The molecule has 1 aliphatic heterocycles. The summed E-state index contributed by atoms with van der Waals surface area (Å²) in [7, 11) is 0. The van der Waals surface area contributed by atoms with Gasteiger partial charge in [0.15, 0.2) is 0 Å². The largest absolute Gasteiger partial charge is 0.490 e. The van der Waals surface area contributed by atoms with Crippen molar-refractivity contribution in [3.8, 4) is 5.75 Å². The molecule has 0 saturated carbocycles. The minimum Gasteiger partial charge on any atom is -0.490 e. The van der Waals surface area contributed by atoms with Crippen LogP contribution in [0.1, 0.15) is 23.1 Å². The van der Waals surface area contributed by atoms with Crippen molar-refractivity contribution in [1.29, 1.82) is 0 Å². The molecule has 168 valence electrons. The molecular formula is C23H26ClF3N2OS. The van der Waals surface area contributed by atoms with Gasteiger partial charge < -0.3 is 15.4 Å². The van der Waals surface area contributed by atoms with E-state index in [9.17, 15) is 13.2 Å². The van der Waals surface area contributed by atoms with Crippen LogP contribution in [-0.2, 0) is 18.5 Å². The summed E-state index contributed by atoms with van der Waals surface area (Å²) in [5.41, 5.74) is 1.22. The highest BCUT2D eigenvalue weighted by Gasteiger charge is 2.33. The Hall–Kier alpha value is -1.67. The molecule has 0 amide bonds. The van der Waals surface area contributed by atoms with Gasteiger partial charge in [0, 0.05) is 22.2 Å². The lowest BCUT2D eigenvalue weighted by Gasteiger charge is -2.15. The van der Waals surface area contributed by atoms with Gasteiger partial charge in [-0.05, 0) is 73.4 Å². The molecule has 1 fully saturated rings. The number of hydrogen-bond donors (Lipinski definition) is 2. The van der Waals surface area contributed by atoms with Crippen LogP contribution in [0.25, 0.3) is 0 Å². The van der Waals surface area contributed by atoms with Crippen molar-refractivity contribution < 1.29 is 17.9 Å². The Kier molecular flexibility index (Phi) is 8.72. The lowest BCUT2D eigenvalue weighted by atomic mass is 10.1. The maximum Gasteiger partial charge on any atom is 0.417 e. The van der Waals surface area contributed by atoms with E-state index >= 15 is 0 Å². The number of benzene rings is 2. The van der Waals surface area contributed by atoms with Crippen molar-refractivity contribution in [2.24, 2.45) is 5.92 Å². The van der Waals surface area contributed by atoms with Gasteiger partial charge in [0.1, 0.15) is 12.4 Å². The van der Waals surface area contributed by atoms with Gasteiger partial charge in [-0.2, -0.15) is 13.2 Å². The number of alkyl halides is 3. The van der Waals surface area contributed by atoms with Gasteiger partial charge in [0.05, 0.1) is 5.56 Å². The summed E-state index contributed by atoms with van der Waals surface area (Å²) >= 11 is 6.92. The average Bonchev–Trinajstić information content (AvgIpc) is 3.24. The molecule has 1 atom stereocenters. The van der Waals surface area contributed by atoms with E-state index in [0.717, 1.165) is 48.6 Å². The smallest absolute Gasteiger partial charge is 0.417 e. The Balaban J connectivity index is 1.71. The van der Waals surface area contributed by atoms with Crippen LogP contribution >= 0.6 is 23.4 Å². The summed E-state index contributed by atoms with van der Waals surface area (Å²) in [6, 6.07) is 9.71. The Morgan fingerprint density at radius 2 is 2.03 bits per heavy atom. The van der Waals surface area contributed by atoms with E-state index in [1.807, 2.05) is 18.2 Å². The Bertz CT molecular complexity index is 886. The minimum atomic E-state index is -4.45. The third-order valence-electron chi connectivity index (χ3n) is 4.96. The standard InChI is InChI=1S/C23H26ClF3N2OS/c1-2-7-30-20-9-17(14-29-13-16-5-6-28-12-16)8-18(10-20)15-31-22-4-3-19(24)11-21(22)23(25,26)27/h2-4,8-11,16,28-29H,1,5-7,12-15H2. The van der Waals surface area contributed by atoms with Crippen LogP contribution in [0.3, 0.4) is 0 Å². The zero-order valence-corrected chi connectivity index (χ0v) is 18.7. The lowest BCUT2D eigenvalue weighted by Crippen LogP contribution is -2.24. The highest BCUT2D eigenvalue weighted by atomic mass is 35.5. The van der Waals surface area contributed by atoms with Crippen molar-refractivity contribution in [2.75, 3.05) is 26.2 Å². The number of hydrogen-bond acceptors (Lipinski definition) is 4. The topological polar surface area (TPSA) is 33.3 Å². The van der Waals surface area contributed by atoms with E-state index in [1.165, 1.54) is 18.6 Å². The summed E-state index contributed by atoms with van der Waals surface area (Å²) in [4.78, 5) is 0.155. The van der Waals surface area contributed by atoms with E-state index in [2.05, 4.69) is 17.2 Å². The minimum absolute atomic E-state index is 0.0716. The first-order chi connectivity index (χ1) is 14.8. The summed E-state index contributed by atoms with van der Waals surface area (Å²) < 4.78 is 45.8. The van der Waals surface area contributed by atoms with E-state index in [4.69, 9.17) is 16.3 Å². The Morgan fingerprint density at radius 1 is 1.23 bits per heavy atom. The summed E-state index contributed by atoms with van der Waals surface area (Å²) in [6.45, 7) is 7.72. The first-order valence-electron chi connectivity index (χ1n) is 10.1. The monoisotopic (exact) mass is 470 g/mol. The average molecular weight is 471 g/mol. The van der Waals surface area contributed by atoms with Crippen molar-refractivity contribution in [3.63, 3.8) is 0 Å². The maximum absolute atomic E-state index is 13.4. The third-order valence-corrected chi connectivity index (χ3v) is 6.34. The zero-order valence-electron chi connectivity index (χ0n) is 17.1. The number of ether oxygens (including phenoxy) is 1. The molecule has 3 nitrogen and oxygen atoms in total. The van der Waals surface area contributed by atoms with Crippen LogP contribution in [0.2, 0.25) is 5.02 Å². The Morgan fingerprint density at radius 3 is 2.74 bits per heavy atom. The molecule has 0 bridgehead atoms. The van der Waals surface area contributed by atoms with Gasteiger partial charge in [-0.3, -0.25) is 0 Å². The first-order valence-corrected chi connectivity index (χ1v) is 11.5. The maximum atomic E-state index is 13.4. The van der Waals surface area contributed by atoms with Gasteiger partial charge in [0.25, 0.3) is 0 Å². The molecule has 0 spiro atoms. The summed E-state index contributed by atoms with van der Waals surface area (Å²) in [5.74, 6) is 1.70. The Labute approximate surface area is 190 Å². The van der Waals surface area contributed by atoms with Gasteiger partial charge in [0.2, 0.25) is 0 Å². The number of thioether (sulfide) groups is 1. The molecule has 31 heavy (non-hydrogen) atoms. The van der Waals surface area contributed by atoms with E-state index in [-0.39, 0.29) is 9.92 Å². The summed E-state index contributed by atoms with van der Waals surface area (Å²) in [5, 5.41) is 6.90. The zero-order chi connectivity index (χ0) is 22.3. The highest BCUT2D eigenvalue weighted by molar-refractivity contribution is 7.98. The molecule has 1 heterocycles. The van der Waals surface area contributed by atoms with Crippen LogP contribution < -0.4 is 15.4 Å². The molecule has 1 aliphatic rings. The van der Waals surface area contributed by atoms with E-state index in [0.29, 0.717) is 30.6 Å². The number of nitrogens with one attached hydrogen (secondary N) is 2. The summed E-state index contributed by atoms with van der Waals surface area (Å²) in [6.07, 6.45) is -1.62. The second-order valence-corrected chi connectivity index (χ2v) is 8.96. The van der Waals surface area contributed by atoms with Crippen LogP contribution in [0.15, 0.2) is 53.9 Å².